The summed E-state index contributed by atoms with van der Waals surface area (Å²) in [5.41, 5.74) is 0.220. The maximum absolute atomic E-state index is 13.5. The van der Waals surface area contributed by atoms with Gasteiger partial charge in [0.25, 0.3) is 0 Å². The van der Waals surface area contributed by atoms with Gasteiger partial charge in [0.15, 0.2) is 5.78 Å². The molecule has 18 heavy (non-hydrogen) atoms. The molecule has 1 saturated heterocycles. The van der Waals surface area contributed by atoms with E-state index in [0.717, 1.165) is 19.6 Å². The lowest BCUT2D eigenvalue weighted by Crippen LogP contribution is -2.30. The summed E-state index contributed by atoms with van der Waals surface area (Å²) < 4.78 is 13.5. The molecule has 2 nitrogen and oxygen atoms in total. The molecule has 0 saturated carbocycles. The maximum Gasteiger partial charge on any atom is 0.169 e. The van der Waals surface area contributed by atoms with Crippen molar-refractivity contribution < 1.29 is 9.18 Å². The molecule has 0 radical (unpaired) electrons. The van der Waals surface area contributed by atoms with Crippen molar-refractivity contribution in [1.29, 1.82) is 0 Å². The van der Waals surface area contributed by atoms with Crippen molar-refractivity contribution in [3.63, 3.8) is 0 Å². The summed E-state index contributed by atoms with van der Waals surface area (Å²) in [6, 6.07) is 6.23. The van der Waals surface area contributed by atoms with Crippen LogP contribution in [0.1, 0.15) is 30.6 Å². The number of Topliss-reactive ketones (excluding diaryl/α,β-unsaturated/α-hetero) is 1. The Hall–Kier alpha value is -1.22. The van der Waals surface area contributed by atoms with Gasteiger partial charge in [0.05, 0.1) is 5.56 Å². The zero-order valence-electron chi connectivity index (χ0n) is 11.0. The minimum Gasteiger partial charge on any atom is -0.302 e. The lowest BCUT2D eigenvalue weighted by molar-refractivity contribution is 0.0897. The molecule has 0 aromatic heterocycles. The molecule has 2 rings (SSSR count). The third-order valence-corrected chi connectivity index (χ3v) is 3.63. The highest BCUT2D eigenvalue weighted by Crippen LogP contribution is 2.19. The summed E-state index contributed by atoms with van der Waals surface area (Å²) in [6.45, 7) is 6.95. The number of benzene rings is 1. The zero-order chi connectivity index (χ0) is 13.1. The highest BCUT2D eigenvalue weighted by Gasteiger charge is 2.24. The second kappa shape index (κ2) is 5.61. The Morgan fingerprint density at radius 1 is 1.50 bits per heavy atom. The predicted molar refractivity (Wildman–Crippen MR) is 70.1 cm³/mol. The van der Waals surface area contributed by atoms with Crippen LogP contribution in [0.4, 0.5) is 4.39 Å². The standard InChI is InChI=1S/C15H20FNO/c1-11-7-8-17(9-11)10-12(2)15(18)13-5-3-4-6-14(13)16/h3-6,11-12H,7-10H2,1-2H3. The molecular formula is C15H20FNO. The maximum atomic E-state index is 13.5. The largest absolute Gasteiger partial charge is 0.302 e. The average Bonchev–Trinajstić information content (AvgIpc) is 2.74. The van der Waals surface area contributed by atoms with Gasteiger partial charge in [-0.25, -0.2) is 4.39 Å². The predicted octanol–water partition coefficient (Wildman–Crippen LogP) is 2.99. The van der Waals surface area contributed by atoms with Gasteiger partial charge in [0.1, 0.15) is 5.82 Å². The number of halogens is 1. The lowest BCUT2D eigenvalue weighted by Gasteiger charge is -2.19. The van der Waals surface area contributed by atoms with Crippen molar-refractivity contribution in [1.82, 2.24) is 4.90 Å². The third-order valence-electron chi connectivity index (χ3n) is 3.63. The van der Waals surface area contributed by atoms with Crippen LogP contribution in [0.5, 0.6) is 0 Å². The topological polar surface area (TPSA) is 20.3 Å². The number of nitrogens with zero attached hydrogens (tertiary/aromatic N) is 1. The van der Waals surface area contributed by atoms with E-state index in [1.54, 1.807) is 18.2 Å². The summed E-state index contributed by atoms with van der Waals surface area (Å²) in [6.07, 6.45) is 1.20. The highest BCUT2D eigenvalue weighted by molar-refractivity contribution is 5.98. The molecule has 0 N–H and O–H groups in total. The fraction of sp³-hybridized carbons (Fsp3) is 0.533. The lowest BCUT2D eigenvalue weighted by atomic mass is 9.98. The Morgan fingerprint density at radius 3 is 2.83 bits per heavy atom. The molecule has 1 heterocycles. The van der Waals surface area contributed by atoms with Gasteiger partial charge >= 0.3 is 0 Å². The van der Waals surface area contributed by atoms with Gasteiger partial charge in [0.2, 0.25) is 0 Å². The van der Waals surface area contributed by atoms with Gasteiger partial charge in [-0.2, -0.15) is 0 Å². The van der Waals surface area contributed by atoms with Crippen molar-refractivity contribution in [3.8, 4) is 0 Å². The first-order valence-corrected chi connectivity index (χ1v) is 6.59. The summed E-state index contributed by atoms with van der Waals surface area (Å²) in [7, 11) is 0. The summed E-state index contributed by atoms with van der Waals surface area (Å²) in [4.78, 5) is 14.5. The first-order valence-electron chi connectivity index (χ1n) is 6.59. The van der Waals surface area contributed by atoms with Crippen molar-refractivity contribution in [2.24, 2.45) is 11.8 Å². The fourth-order valence-corrected chi connectivity index (χ4v) is 2.59. The van der Waals surface area contributed by atoms with Gasteiger partial charge in [-0.3, -0.25) is 4.79 Å². The molecule has 2 unspecified atom stereocenters. The molecule has 0 amide bonds. The van der Waals surface area contributed by atoms with Crippen molar-refractivity contribution >= 4 is 5.78 Å². The van der Waals surface area contributed by atoms with E-state index in [-0.39, 0.29) is 17.3 Å². The Bertz CT molecular complexity index is 432. The van der Waals surface area contributed by atoms with Crippen LogP contribution < -0.4 is 0 Å². The first kappa shape index (κ1) is 13.2. The Morgan fingerprint density at radius 2 is 2.22 bits per heavy atom. The van der Waals surface area contributed by atoms with Crippen LogP contribution in [0, 0.1) is 17.7 Å². The van der Waals surface area contributed by atoms with Crippen LogP contribution in [0.3, 0.4) is 0 Å². The van der Waals surface area contributed by atoms with E-state index in [2.05, 4.69) is 11.8 Å². The molecule has 1 aliphatic rings. The molecule has 98 valence electrons. The molecule has 2 atom stereocenters. The summed E-state index contributed by atoms with van der Waals surface area (Å²) >= 11 is 0. The van der Waals surface area contributed by atoms with Crippen molar-refractivity contribution in [2.45, 2.75) is 20.3 Å². The number of hydrogen-bond donors (Lipinski definition) is 0. The molecule has 1 aliphatic heterocycles. The Kier molecular flexibility index (Phi) is 4.12. The van der Waals surface area contributed by atoms with E-state index >= 15 is 0 Å². The smallest absolute Gasteiger partial charge is 0.169 e. The van der Waals surface area contributed by atoms with E-state index in [4.69, 9.17) is 0 Å². The van der Waals surface area contributed by atoms with Crippen LogP contribution in [0.25, 0.3) is 0 Å². The molecule has 0 spiro atoms. The number of carbonyl (C=O) groups is 1. The number of ketones is 1. The Labute approximate surface area is 108 Å². The second-order valence-electron chi connectivity index (χ2n) is 5.40. The normalized spacial score (nSPS) is 22.1. The van der Waals surface area contributed by atoms with E-state index in [1.165, 1.54) is 12.5 Å². The van der Waals surface area contributed by atoms with Crippen LogP contribution in [0.2, 0.25) is 0 Å². The second-order valence-corrected chi connectivity index (χ2v) is 5.40. The van der Waals surface area contributed by atoms with Gasteiger partial charge in [-0.15, -0.1) is 0 Å². The third kappa shape index (κ3) is 2.96. The molecular weight excluding hydrogens is 229 g/mol. The molecule has 0 aliphatic carbocycles. The summed E-state index contributed by atoms with van der Waals surface area (Å²) in [5, 5.41) is 0. The van der Waals surface area contributed by atoms with E-state index < -0.39 is 5.82 Å². The number of rotatable bonds is 4. The number of likely N-dealkylation sites (tertiary alicyclic amines) is 1. The minimum absolute atomic E-state index is 0.0901. The van der Waals surface area contributed by atoms with Gasteiger partial charge in [-0.1, -0.05) is 26.0 Å². The van der Waals surface area contributed by atoms with Crippen LogP contribution in [0.15, 0.2) is 24.3 Å². The van der Waals surface area contributed by atoms with Gasteiger partial charge in [-0.05, 0) is 31.0 Å². The van der Waals surface area contributed by atoms with Crippen LogP contribution in [-0.2, 0) is 0 Å². The number of hydrogen-bond acceptors (Lipinski definition) is 2. The van der Waals surface area contributed by atoms with E-state index in [1.807, 2.05) is 6.92 Å². The number of carbonyl (C=O) groups excluding carboxylic acids is 1. The van der Waals surface area contributed by atoms with E-state index in [0.29, 0.717) is 5.92 Å². The summed E-state index contributed by atoms with van der Waals surface area (Å²) in [5.74, 6) is 0.0600. The monoisotopic (exact) mass is 249 g/mol. The first-order chi connectivity index (χ1) is 8.58. The zero-order valence-corrected chi connectivity index (χ0v) is 11.0. The molecule has 3 heteroatoms. The quantitative estimate of drug-likeness (QED) is 0.765. The fourth-order valence-electron chi connectivity index (χ4n) is 2.59. The van der Waals surface area contributed by atoms with Gasteiger partial charge in [0, 0.05) is 19.0 Å². The average molecular weight is 249 g/mol. The van der Waals surface area contributed by atoms with Crippen molar-refractivity contribution in [2.75, 3.05) is 19.6 Å². The van der Waals surface area contributed by atoms with Crippen LogP contribution in [-0.4, -0.2) is 30.3 Å². The minimum atomic E-state index is -0.413. The van der Waals surface area contributed by atoms with Crippen LogP contribution >= 0.6 is 0 Å². The van der Waals surface area contributed by atoms with Gasteiger partial charge < -0.3 is 4.90 Å². The molecule has 1 aromatic rings. The molecule has 1 fully saturated rings. The Balaban J connectivity index is 1.99. The van der Waals surface area contributed by atoms with Crippen molar-refractivity contribution in [3.05, 3.63) is 35.6 Å². The molecule has 1 aromatic carbocycles. The molecule has 0 bridgehead atoms. The SMILES string of the molecule is CC1CCN(CC(C)C(=O)c2ccccc2F)C1. The van der Waals surface area contributed by atoms with E-state index in [9.17, 15) is 9.18 Å². The highest BCUT2D eigenvalue weighted by atomic mass is 19.1.